The van der Waals surface area contributed by atoms with Crippen molar-refractivity contribution in [1.82, 2.24) is 0 Å². The fourth-order valence-electron chi connectivity index (χ4n) is 2.07. The zero-order chi connectivity index (χ0) is 8.27. The van der Waals surface area contributed by atoms with Gasteiger partial charge >= 0.3 is 0 Å². The van der Waals surface area contributed by atoms with Crippen molar-refractivity contribution in [3.8, 4) is 0 Å². The summed E-state index contributed by atoms with van der Waals surface area (Å²) < 4.78 is 0. The van der Waals surface area contributed by atoms with Crippen molar-refractivity contribution in [1.29, 1.82) is 0 Å². The molecular formula is C11H18. The highest BCUT2D eigenvalue weighted by Gasteiger charge is 2.15. The minimum atomic E-state index is 0.774. The molecule has 0 aromatic heterocycles. The van der Waals surface area contributed by atoms with Crippen LogP contribution in [0.1, 0.15) is 33.1 Å². The molecule has 0 fully saturated rings. The molecule has 62 valence electrons. The molecular weight excluding hydrogens is 132 g/mol. The van der Waals surface area contributed by atoms with E-state index in [1.54, 1.807) is 5.57 Å². The molecule has 11 heavy (non-hydrogen) atoms. The first-order chi connectivity index (χ1) is 5.22. The van der Waals surface area contributed by atoms with Crippen LogP contribution in [0.4, 0.5) is 0 Å². The summed E-state index contributed by atoms with van der Waals surface area (Å²) >= 11 is 0. The summed E-state index contributed by atoms with van der Waals surface area (Å²) in [4.78, 5) is 0. The first-order valence-corrected chi connectivity index (χ1v) is 4.50. The van der Waals surface area contributed by atoms with Crippen LogP contribution in [0.3, 0.4) is 0 Å². The molecule has 0 heteroatoms. The van der Waals surface area contributed by atoms with E-state index in [-0.39, 0.29) is 0 Å². The van der Waals surface area contributed by atoms with Gasteiger partial charge in [0.05, 0.1) is 0 Å². The number of hydrogen-bond donors (Lipinski definition) is 0. The molecule has 0 heterocycles. The molecule has 2 atom stereocenters. The van der Waals surface area contributed by atoms with Gasteiger partial charge in [-0.05, 0) is 38.0 Å². The van der Waals surface area contributed by atoms with E-state index in [4.69, 9.17) is 0 Å². The Kier molecular flexibility index (Phi) is 2.92. The summed E-state index contributed by atoms with van der Waals surface area (Å²) in [5.74, 6) is 1.65. The average Bonchev–Trinajstić information content (AvgIpc) is 1.85. The number of allylic oxidation sites excluding steroid dienone is 3. The van der Waals surface area contributed by atoms with Crippen molar-refractivity contribution in [2.75, 3.05) is 0 Å². The molecule has 0 aromatic carbocycles. The average molecular weight is 150 g/mol. The van der Waals surface area contributed by atoms with Gasteiger partial charge in [-0.15, -0.1) is 6.58 Å². The van der Waals surface area contributed by atoms with Crippen molar-refractivity contribution in [3.63, 3.8) is 0 Å². The summed E-state index contributed by atoms with van der Waals surface area (Å²) in [5, 5.41) is 0. The minimum absolute atomic E-state index is 0.774. The van der Waals surface area contributed by atoms with Crippen LogP contribution in [0.15, 0.2) is 24.3 Å². The monoisotopic (exact) mass is 150 g/mol. The Morgan fingerprint density at radius 3 is 3.00 bits per heavy atom. The van der Waals surface area contributed by atoms with Crippen LogP contribution < -0.4 is 0 Å². The highest BCUT2D eigenvalue weighted by atomic mass is 14.2. The van der Waals surface area contributed by atoms with Crippen molar-refractivity contribution < 1.29 is 0 Å². The number of hydrogen-bond acceptors (Lipinski definition) is 0. The lowest BCUT2D eigenvalue weighted by atomic mass is 9.82. The standard InChI is InChI=1S/C11H18/c1-4-5-11-7-9(2)6-10(3)8-11/h4,7,10-11H,1,5-6,8H2,2-3H3/t10-,11+/m0/s1. The maximum absolute atomic E-state index is 3.78. The van der Waals surface area contributed by atoms with Gasteiger partial charge in [-0.1, -0.05) is 24.6 Å². The van der Waals surface area contributed by atoms with Crippen LogP contribution in [-0.2, 0) is 0 Å². The second-order valence-corrected chi connectivity index (χ2v) is 3.84. The van der Waals surface area contributed by atoms with Crippen molar-refractivity contribution >= 4 is 0 Å². The molecule has 1 aliphatic carbocycles. The smallest absolute Gasteiger partial charge is 0.0194 e. The van der Waals surface area contributed by atoms with E-state index in [0.717, 1.165) is 18.3 Å². The van der Waals surface area contributed by atoms with E-state index >= 15 is 0 Å². The normalized spacial score (nSPS) is 31.3. The molecule has 0 saturated heterocycles. The largest absolute Gasteiger partial charge is 0.103 e. The Balaban J connectivity index is 2.53. The predicted molar refractivity (Wildman–Crippen MR) is 50.5 cm³/mol. The quantitative estimate of drug-likeness (QED) is 0.528. The van der Waals surface area contributed by atoms with Gasteiger partial charge in [-0.25, -0.2) is 0 Å². The van der Waals surface area contributed by atoms with E-state index in [2.05, 4.69) is 26.5 Å². The second kappa shape index (κ2) is 3.75. The lowest BCUT2D eigenvalue weighted by molar-refractivity contribution is 0.417. The van der Waals surface area contributed by atoms with E-state index in [1.165, 1.54) is 12.8 Å². The fraction of sp³-hybridized carbons (Fsp3) is 0.636. The summed E-state index contributed by atoms with van der Waals surface area (Å²) in [7, 11) is 0. The molecule has 0 nitrogen and oxygen atoms in total. The lowest BCUT2D eigenvalue weighted by Crippen LogP contribution is -2.10. The molecule has 0 radical (unpaired) electrons. The third-order valence-electron chi connectivity index (χ3n) is 2.37. The molecule has 0 aromatic rings. The maximum Gasteiger partial charge on any atom is -0.0194 e. The predicted octanol–water partition coefficient (Wildman–Crippen LogP) is 3.55. The summed E-state index contributed by atoms with van der Waals surface area (Å²) in [5.41, 5.74) is 1.57. The molecule has 0 aliphatic heterocycles. The van der Waals surface area contributed by atoms with Gasteiger partial charge in [-0.3, -0.25) is 0 Å². The molecule has 1 aliphatic rings. The maximum atomic E-state index is 3.78. The van der Waals surface area contributed by atoms with Crippen LogP contribution in [0.2, 0.25) is 0 Å². The second-order valence-electron chi connectivity index (χ2n) is 3.84. The van der Waals surface area contributed by atoms with Gasteiger partial charge in [0.2, 0.25) is 0 Å². The minimum Gasteiger partial charge on any atom is -0.103 e. The first kappa shape index (κ1) is 8.58. The zero-order valence-corrected chi connectivity index (χ0v) is 7.64. The summed E-state index contributed by atoms with van der Waals surface area (Å²) in [6, 6.07) is 0. The summed E-state index contributed by atoms with van der Waals surface area (Å²) in [6.45, 7) is 8.36. The van der Waals surface area contributed by atoms with Crippen LogP contribution >= 0.6 is 0 Å². The van der Waals surface area contributed by atoms with Crippen molar-refractivity contribution in [2.24, 2.45) is 11.8 Å². The van der Waals surface area contributed by atoms with Gasteiger partial charge in [0, 0.05) is 0 Å². The molecule has 0 amide bonds. The third-order valence-corrected chi connectivity index (χ3v) is 2.37. The zero-order valence-electron chi connectivity index (χ0n) is 7.64. The van der Waals surface area contributed by atoms with Crippen LogP contribution in [0.5, 0.6) is 0 Å². The SMILES string of the molecule is C=CC[C@@H]1C=C(C)C[C@H](C)C1. The fourth-order valence-corrected chi connectivity index (χ4v) is 2.07. The molecule has 0 unspecified atom stereocenters. The van der Waals surface area contributed by atoms with Gasteiger partial charge in [0.25, 0.3) is 0 Å². The van der Waals surface area contributed by atoms with Crippen molar-refractivity contribution in [2.45, 2.75) is 33.1 Å². The van der Waals surface area contributed by atoms with Crippen LogP contribution in [0, 0.1) is 11.8 Å². The Morgan fingerprint density at radius 1 is 1.73 bits per heavy atom. The van der Waals surface area contributed by atoms with Gasteiger partial charge < -0.3 is 0 Å². The van der Waals surface area contributed by atoms with E-state index in [1.807, 2.05) is 6.08 Å². The molecule has 0 bridgehead atoms. The third kappa shape index (κ3) is 2.53. The Hall–Kier alpha value is -0.520. The van der Waals surface area contributed by atoms with Gasteiger partial charge in [-0.2, -0.15) is 0 Å². The van der Waals surface area contributed by atoms with E-state index in [0.29, 0.717) is 0 Å². The summed E-state index contributed by atoms with van der Waals surface area (Å²) in [6.07, 6.45) is 8.26. The van der Waals surface area contributed by atoms with Crippen LogP contribution in [0.25, 0.3) is 0 Å². The van der Waals surface area contributed by atoms with Crippen LogP contribution in [-0.4, -0.2) is 0 Å². The molecule has 1 rings (SSSR count). The van der Waals surface area contributed by atoms with Gasteiger partial charge in [0.1, 0.15) is 0 Å². The first-order valence-electron chi connectivity index (χ1n) is 4.50. The van der Waals surface area contributed by atoms with E-state index < -0.39 is 0 Å². The Labute approximate surface area is 70.0 Å². The Morgan fingerprint density at radius 2 is 2.45 bits per heavy atom. The Bertz CT molecular complexity index is 165. The molecule has 0 spiro atoms. The lowest BCUT2D eigenvalue weighted by Gasteiger charge is -2.23. The topological polar surface area (TPSA) is 0 Å². The van der Waals surface area contributed by atoms with Crippen molar-refractivity contribution in [3.05, 3.63) is 24.3 Å². The van der Waals surface area contributed by atoms with E-state index in [9.17, 15) is 0 Å². The molecule has 0 saturated carbocycles. The highest BCUT2D eigenvalue weighted by Crippen LogP contribution is 2.29. The highest BCUT2D eigenvalue weighted by molar-refractivity contribution is 5.07. The number of rotatable bonds is 2. The van der Waals surface area contributed by atoms with Gasteiger partial charge in [0.15, 0.2) is 0 Å². The molecule has 0 N–H and O–H groups in total.